The van der Waals surface area contributed by atoms with E-state index in [2.05, 4.69) is 14.9 Å². The Morgan fingerprint density at radius 2 is 1.63 bits per heavy atom. The lowest BCUT2D eigenvalue weighted by atomic mass is 9.89. The van der Waals surface area contributed by atoms with Crippen LogP contribution in [0.15, 0.2) is 54.9 Å². The summed E-state index contributed by atoms with van der Waals surface area (Å²) in [5.41, 5.74) is 8.35. The minimum Gasteiger partial charge on any atom is -0.459 e. The van der Waals surface area contributed by atoms with Crippen LogP contribution in [0.5, 0.6) is 0 Å². The molecule has 2 aromatic carbocycles. The molecule has 1 aliphatic heterocycles. The Morgan fingerprint density at radius 1 is 0.971 bits per heavy atom. The Balaban J connectivity index is 1.53. The number of nitrogens with zero attached hydrogens (tertiary/aromatic N) is 4. The van der Waals surface area contributed by atoms with E-state index in [1.165, 1.54) is 0 Å². The molecule has 2 heterocycles. The minimum absolute atomic E-state index is 0.167. The number of para-hydroxylation sites is 1. The third-order valence-electron chi connectivity index (χ3n) is 6.15. The molecule has 2 N–H and O–H groups in total. The smallest absolute Gasteiger partial charge is 0.324 e. The molecule has 1 aliphatic rings. The number of hydrogen-bond donors (Lipinski definition) is 1. The van der Waals surface area contributed by atoms with Crippen LogP contribution in [0.4, 0.5) is 5.82 Å². The molecule has 8 heteroatoms. The molecule has 0 radical (unpaired) electrons. The third-order valence-corrected chi connectivity index (χ3v) is 6.15. The van der Waals surface area contributed by atoms with Crippen LogP contribution in [0.25, 0.3) is 10.9 Å². The van der Waals surface area contributed by atoms with E-state index in [0.29, 0.717) is 31.7 Å². The first kappa shape index (κ1) is 24.6. The maximum atomic E-state index is 13.7. The van der Waals surface area contributed by atoms with Gasteiger partial charge in [-0.25, -0.2) is 9.97 Å². The summed E-state index contributed by atoms with van der Waals surface area (Å²) in [4.78, 5) is 39.4. The Bertz CT molecular complexity index is 1190. The molecule has 184 valence electrons. The number of carbonyl (C=O) groups is 2. The quantitative estimate of drug-likeness (QED) is 0.566. The van der Waals surface area contributed by atoms with Gasteiger partial charge < -0.3 is 20.3 Å². The van der Waals surface area contributed by atoms with Gasteiger partial charge in [-0.2, -0.15) is 0 Å². The van der Waals surface area contributed by atoms with Crippen LogP contribution in [-0.4, -0.2) is 64.6 Å². The van der Waals surface area contributed by atoms with Crippen molar-refractivity contribution in [2.24, 2.45) is 5.73 Å². The van der Waals surface area contributed by atoms with E-state index in [0.717, 1.165) is 22.3 Å². The number of aryl methyl sites for hydroxylation is 1. The lowest BCUT2D eigenvalue weighted by Gasteiger charge is -2.38. The molecule has 2 unspecified atom stereocenters. The number of esters is 1. The van der Waals surface area contributed by atoms with Crippen LogP contribution in [0.1, 0.15) is 37.8 Å². The van der Waals surface area contributed by atoms with Crippen LogP contribution < -0.4 is 10.6 Å². The summed E-state index contributed by atoms with van der Waals surface area (Å²) in [5.74, 6) is -0.706. The Kier molecular flexibility index (Phi) is 7.03. The van der Waals surface area contributed by atoms with Gasteiger partial charge in [0.15, 0.2) is 0 Å². The first-order valence-corrected chi connectivity index (χ1v) is 11.9. The number of nitrogens with two attached hydrogens (primary N) is 1. The molecule has 0 bridgehead atoms. The molecule has 2 atom stereocenters. The number of carbonyl (C=O) groups excluding carboxylic acids is 2. The summed E-state index contributed by atoms with van der Waals surface area (Å²) in [6.07, 6.45) is 1.57. The SMILES string of the molecule is Cc1ccc(C(C(=O)N2CCN(c3ncnc4ccccc34)CC2)C(N)C(=O)OC(C)(C)C)cc1. The second-order valence-electron chi connectivity index (χ2n) is 9.97. The summed E-state index contributed by atoms with van der Waals surface area (Å²) in [5, 5.41) is 0.985. The molecule has 0 spiro atoms. The maximum Gasteiger partial charge on any atom is 0.324 e. The summed E-state index contributed by atoms with van der Waals surface area (Å²) < 4.78 is 5.52. The summed E-state index contributed by atoms with van der Waals surface area (Å²) >= 11 is 0. The van der Waals surface area contributed by atoms with E-state index in [9.17, 15) is 9.59 Å². The highest BCUT2D eigenvalue weighted by molar-refractivity contribution is 5.92. The monoisotopic (exact) mass is 475 g/mol. The number of ether oxygens (including phenoxy) is 1. The molecule has 1 fully saturated rings. The minimum atomic E-state index is -1.10. The number of amides is 1. The molecule has 1 amide bonds. The number of fused-ring (bicyclic) bond motifs is 1. The van der Waals surface area contributed by atoms with Crippen molar-refractivity contribution in [1.82, 2.24) is 14.9 Å². The van der Waals surface area contributed by atoms with Crippen LogP contribution in [0, 0.1) is 6.92 Å². The van der Waals surface area contributed by atoms with Gasteiger partial charge in [0.05, 0.1) is 11.4 Å². The predicted molar refractivity (Wildman–Crippen MR) is 136 cm³/mol. The molecule has 3 aromatic rings. The lowest BCUT2D eigenvalue weighted by molar-refractivity contribution is -0.159. The average molecular weight is 476 g/mol. The van der Waals surface area contributed by atoms with Crippen molar-refractivity contribution in [3.05, 3.63) is 66.0 Å². The summed E-state index contributed by atoms with van der Waals surface area (Å²) in [7, 11) is 0. The highest BCUT2D eigenvalue weighted by atomic mass is 16.6. The van der Waals surface area contributed by atoms with Gasteiger partial charge in [-0.1, -0.05) is 42.0 Å². The molecule has 8 nitrogen and oxygen atoms in total. The second-order valence-corrected chi connectivity index (χ2v) is 9.97. The molecule has 4 rings (SSSR count). The fourth-order valence-electron chi connectivity index (χ4n) is 4.36. The zero-order chi connectivity index (χ0) is 25.2. The van der Waals surface area contributed by atoms with Crippen LogP contribution in [0.3, 0.4) is 0 Å². The van der Waals surface area contributed by atoms with E-state index >= 15 is 0 Å². The van der Waals surface area contributed by atoms with E-state index in [1.54, 1.807) is 32.0 Å². The van der Waals surface area contributed by atoms with Crippen LogP contribution >= 0.6 is 0 Å². The molecule has 0 saturated carbocycles. The van der Waals surface area contributed by atoms with E-state index in [4.69, 9.17) is 10.5 Å². The lowest BCUT2D eigenvalue weighted by Crippen LogP contribution is -2.54. The summed E-state index contributed by atoms with van der Waals surface area (Å²) in [6, 6.07) is 14.4. The van der Waals surface area contributed by atoms with Crippen molar-refractivity contribution < 1.29 is 14.3 Å². The number of rotatable bonds is 5. The zero-order valence-corrected chi connectivity index (χ0v) is 20.8. The van der Waals surface area contributed by atoms with E-state index in [1.807, 2.05) is 55.5 Å². The van der Waals surface area contributed by atoms with Gasteiger partial charge in [0.2, 0.25) is 5.91 Å². The normalized spacial score (nSPS) is 16.1. The van der Waals surface area contributed by atoms with Gasteiger partial charge in [-0.15, -0.1) is 0 Å². The Morgan fingerprint density at radius 3 is 2.29 bits per heavy atom. The first-order chi connectivity index (χ1) is 16.6. The van der Waals surface area contributed by atoms with Crippen molar-refractivity contribution in [3.63, 3.8) is 0 Å². The van der Waals surface area contributed by atoms with Gasteiger partial charge in [-0.3, -0.25) is 9.59 Å². The Labute approximate surface area is 206 Å². The van der Waals surface area contributed by atoms with E-state index in [-0.39, 0.29) is 5.91 Å². The largest absolute Gasteiger partial charge is 0.459 e. The fourth-order valence-corrected chi connectivity index (χ4v) is 4.36. The number of hydrogen-bond acceptors (Lipinski definition) is 7. The number of anilines is 1. The van der Waals surface area contributed by atoms with Crippen LogP contribution in [0.2, 0.25) is 0 Å². The molecular weight excluding hydrogens is 442 g/mol. The third kappa shape index (κ3) is 5.59. The maximum absolute atomic E-state index is 13.7. The fraction of sp³-hybridized carbons (Fsp3) is 0.407. The molecule has 1 saturated heterocycles. The van der Waals surface area contributed by atoms with Gasteiger partial charge in [0, 0.05) is 31.6 Å². The van der Waals surface area contributed by atoms with Crippen molar-refractivity contribution in [2.75, 3.05) is 31.1 Å². The predicted octanol–water partition coefficient (Wildman–Crippen LogP) is 3.04. The molecule has 0 aliphatic carbocycles. The van der Waals surface area contributed by atoms with Crippen molar-refractivity contribution in [3.8, 4) is 0 Å². The topological polar surface area (TPSA) is 102 Å². The van der Waals surface area contributed by atoms with Crippen molar-refractivity contribution in [1.29, 1.82) is 0 Å². The molecular formula is C27H33N5O3. The first-order valence-electron chi connectivity index (χ1n) is 11.9. The second kappa shape index (κ2) is 10.00. The molecule has 1 aromatic heterocycles. The highest BCUT2D eigenvalue weighted by Gasteiger charge is 2.38. The standard InChI is InChI=1S/C27H33N5O3/c1-18-9-11-19(12-10-18)22(23(28)26(34)35-27(2,3)4)25(33)32-15-13-31(14-16-32)24-20-7-5-6-8-21(20)29-17-30-24/h5-12,17,22-23H,13-16,28H2,1-4H3. The Hall–Kier alpha value is -3.52. The van der Waals surface area contributed by atoms with Crippen LogP contribution in [-0.2, 0) is 14.3 Å². The molecule has 35 heavy (non-hydrogen) atoms. The van der Waals surface area contributed by atoms with Gasteiger partial charge >= 0.3 is 5.97 Å². The van der Waals surface area contributed by atoms with E-state index < -0.39 is 23.5 Å². The van der Waals surface area contributed by atoms with Crippen molar-refractivity contribution >= 4 is 28.6 Å². The summed E-state index contributed by atoms with van der Waals surface area (Å²) in [6.45, 7) is 9.58. The van der Waals surface area contributed by atoms with Crippen molar-refractivity contribution in [2.45, 2.75) is 45.3 Å². The van der Waals surface area contributed by atoms with Gasteiger partial charge in [-0.05, 0) is 45.4 Å². The number of benzene rings is 2. The van der Waals surface area contributed by atoms with Gasteiger partial charge in [0.1, 0.15) is 23.8 Å². The number of aromatic nitrogens is 2. The zero-order valence-electron chi connectivity index (χ0n) is 20.8. The average Bonchev–Trinajstić information content (AvgIpc) is 2.84. The van der Waals surface area contributed by atoms with Gasteiger partial charge in [0.25, 0.3) is 0 Å². The highest BCUT2D eigenvalue weighted by Crippen LogP contribution is 2.27. The number of piperazine rings is 1.